The predicted molar refractivity (Wildman–Crippen MR) is 105 cm³/mol. The number of rotatable bonds is 4. The molecule has 1 heterocycles. The monoisotopic (exact) mass is 398 g/mol. The third-order valence-corrected chi connectivity index (χ3v) is 4.77. The van der Waals surface area contributed by atoms with Crippen LogP contribution in [0.4, 0.5) is 11.4 Å². The molecule has 0 aliphatic carbocycles. The Morgan fingerprint density at radius 2 is 1.96 bits per heavy atom. The molecule has 128 valence electrons. The lowest BCUT2D eigenvalue weighted by atomic mass is 10.1. The van der Waals surface area contributed by atoms with E-state index in [0.717, 1.165) is 32.3 Å². The number of halogens is 1. The van der Waals surface area contributed by atoms with Gasteiger partial charge in [-0.05, 0) is 47.5 Å². The summed E-state index contributed by atoms with van der Waals surface area (Å²) in [5.74, 6) is -0.368. The van der Waals surface area contributed by atoms with Crippen molar-refractivity contribution in [2.45, 2.75) is 13.8 Å². The molecule has 0 saturated heterocycles. The topological polar surface area (TPSA) is 42.4 Å². The van der Waals surface area contributed by atoms with Gasteiger partial charge in [-0.2, -0.15) is 0 Å². The van der Waals surface area contributed by atoms with E-state index in [1.54, 1.807) is 13.1 Å². The van der Waals surface area contributed by atoms with E-state index in [-0.39, 0.29) is 5.97 Å². The first kappa shape index (κ1) is 17.4. The van der Waals surface area contributed by atoms with Crippen LogP contribution in [0.1, 0.15) is 22.8 Å². The van der Waals surface area contributed by atoms with Gasteiger partial charge in [-0.3, -0.25) is 4.98 Å². The summed E-state index contributed by atoms with van der Waals surface area (Å²) in [6, 6.07) is 13.9. The molecule has 4 nitrogen and oxygen atoms in total. The number of aryl methyl sites for hydroxylation is 1. The number of esters is 1. The Morgan fingerprint density at radius 3 is 2.68 bits per heavy atom. The number of carbonyl (C=O) groups excluding carboxylic acids is 1. The van der Waals surface area contributed by atoms with E-state index in [2.05, 4.69) is 33.9 Å². The number of hydrogen-bond acceptors (Lipinski definition) is 4. The Balaban J connectivity index is 2.29. The number of aromatic nitrogens is 1. The highest BCUT2D eigenvalue weighted by atomic mass is 79.9. The van der Waals surface area contributed by atoms with E-state index < -0.39 is 0 Å². The van der Waals surface area contributed by atoms with Gasteiger partial charge in [0, 0.05) is 28.8 Å². The van der Waals surface area contributed by atoms with Crippen molar-refractivity contribution in [2.24, 2.45) is 0 Å². The highest BCUT2D eigenvalue weighted by molar-refractivity contribution is 9.10. The first-order valence-electron chi connectivity index (χ1n) is 8.08. The Morgan fingerprint density at radius 1 is 1.20 bits per heavy atom. The molecule has 0 unspecified atom stereocenters. The molecule has 0 N–H and O–H groups in total. The quantitative estimate of drug-likeness (QED) is 0.562. The maximum Gasteiger partial charge on any atom is 0.341 e. The summed E-state index contributed by atoms with van der Waals surface area (Å²) < 4.78 is 6.14. The minimum absolute atomic E-state index is 0.322. The van der Waals surface area contributed by atoms with Gasteiger partial charge in [0.2, 0.25) is 0 Å². The zero-order chi connectivity index (χ0) is 18.0. The molecule has 0 amide bonds. The van der Waals surface area contributed by atoms with Crippen molar-refractivity contribution in [2.75, 3.05) is 18.6 Å². The number of hydrogen-bond donors (Lipinski definition) is 0. The minimum atomic E-state index is -0.368. The lowest BCUT2D eigenvalue weighted by Gasteiger charge is -2.25. The molecular weight excluding hydrogens is 380 g/mol. The number of ether oxygens (including phenoxy) is 1. The van der Waals surface area contributed by atoms with Gasteiger partial charge in [-0.15, -0.1) is 0 Å². The van der Waals surface area contributed by atoms with Crippen molar-refractivity contribution in [3.8, 4) is 0 Å². The molecule has 0 aliphatic rings. The van der Waals surface area contributed by atoms with Crippen molar-refractivity contribution in [3.63, 3.8) is 0 Å². The molecule has 0 atom stereocenters. The van der Waals surface area contributed by atoms with E-state index in [1.165, 1.54) is 0 Å². The fourth-order valence-electron chi connectivity index (χ4n) is 2.95. The fraction of sp³-hybridized carbons (Fsp3) is 0.200. The molecule has 5 heteroatoms. The van der Waals surface area contributed by atoms with Crippen molar-refractivity contribution in [1.82, 2.24) is 4.98 Å². The highest BCUT2D eigenvalue weighted by Gasteiger charge is 2.21. The first-order chi connectivity index (χ1) is 12.0. The normalized spacial score (nSPS) is 10.7. The van der Waals surface area contributed by atoms with Crippen LogP contribution in [0, 0.1) is 6.92 Å². The van der Waals surface area contributed by atoms with Gasteiger partial charge in [0.05, 0.1) is 17.8 Å². The van der Waals surface area contributed by atoms with E-state index in [1.807, 2.05) is 48.3 Å². The summed E-state index contributed by atoms with van der Waals surface area (Å²) in [5.41, 5.74) is 4.21. The summed E-state index contributed by atoms with van der Waals surface area (Å²) in [4.78, 5) is 19.0. The SMILES string of the molecule is CCOC(=O)c1cnc2c(Br)cccc2c1N(C)c1ccccc1C. The summed E-state index contributed by atoms with van der Waals surface area (Å²) in [7, 11) is 1.96. The van der Waals surface area contributed by atoms with Crippen molar-refractivity contribution in [1.29, 1.82) is 0 Å². The summed E-state index contributed by atoms with van der Waals surface area (Å²) in [6.07, 6.45) is 1.59. The van der Waals surface area contributed by atoms with Gasteiger partial charge in [0.25, 0.3) is 0 Å². The maximum absolute atomic E-state index is 12.5. The second-order valence-electron chi connectivity index (χ2n) is 5.72. The van der Waals surface area contributed by atoms with Crippen molar-refractivity contribution < 1.29 is 9.53 Å². The second-order valence-corrected chi connectivity index (χ2v) is 6.58. The van der Waals surface area contributed by atoms with Crippen LogP contribution in [0.3, 0.4) is 0 Å². The van der Waals surface area contributed by atoms with Crippen LogP contribution in [-0.4, -0.2) is 24.6 Å². The van der Waals surface area contributed by atoms with Crippen LogP contribution >= 0.6 is 15.9 Å². The van der Waals surface area contributed by atoms with Gasteiger partial charge >= 0.3 is 5.97 Å². The summed E-state index contributed by atoms with van der Waals surface area (Å²) >= 11 is 3.55. The third-order valence-electron chi connectivity index (χ3n) is 4.13. The molecule has 0 radical (unpaired) electrons. The Kier molecular flexibility index (Phi) is 5.04. The van der Waals surface area contributed by atoms with Crippen LogP contribution in [0.2, 0.25) is 0 Å². The minimum Gasteiger partial charge on any atom is -0.462 e. The molecule has 1 aromatic heterocycles. The lowest BCUT2D eigenvalue weighted by Crippen LogP contribution is -2.17. The molecule has 3 aromatic rings. The highest BCUT2D eigenvalue weighted by Crippen LogP contribution is 2.37. The van der Waals surface area contributed by atoms with Gasteiger partial charge in [-0.25, -0.2) is 4.79 Å². The summed E-state index contributed by atoms with van der Waals surface area (Å²) in [5, 5.41) is 0.894. The van der Waals surface area contributed by atoms with E-state index in [4.69, 9.17) is 4.74 Å². The van der Waals surface area contributed by atoms with Crippen LogP contribution in [0.15, 0.2) is 53.1 Å². The van der Waals surface area contributed by atoms with E-state index in [0.29, 0.717) is 12.2 Å². The zero-order valence-electron chi connectivity index (χ0n) is 14.4. The van der Waals surface area contributed by atoms with E-state index >= 15 is 0 Å². The number of benzene rings is 2. The van der Waals surface area contributed by atoms with Crippen LogP contribution in [0.5, 0.6) is 0 Å². The van der Waals surface area contributed by atoms with Crippen LogP contribution in [-0.2, 0) is 4.74 Å². The Hall–Kier alpha value is -2.40. The molecule has 3 rings (SSSR count). The standard InChI is InChI=1S/C20H19BrN2O2/c1-4-25-20(24)15-12-22-18-14(9-7-10-16(18)21)19(15)23(3)17-11-6-5-8-13(17)2/h5-12H,4H2,1-3H3. The summed E-state index contributed by atoms with van der Waals surface area (Å²) in [6.45, 7) is 4.17. The molecule has 0 fully saturated rings. The fourth-order valence-corrected chi connectivity index (χ4v) is 3.42. The van der Waals surface area contributed by atoms with Crippen molar-refractivity contribution in [3.05, 3.63) is 64.3 Å². The Labute approximate surface area is 155 Å². The molecule has 0 saturated carbocycles. The average molecular weight is 399 g/mol. The first-order valence-corrected chi connectivity index (χ1v) is 8.87. The number of nitrogens with zero attached hydrogens (tertiary/aromatic N) is 2. The number of carbonyl (C=O) groups is 1. The van der Waals surface area contributed by atoms with Gasteiger partial charge in [-0.1, -0.05) is 30.3 Å². The van der Waals surface area contributed by atoms with Gasteiger partial charge in [0.15, 0.2) is 0 Å². The van der Waals surface area contributed by atoms with Crippen LogP contribution < -0.4 is 4.90 Å². The second kappa shape index (κ2) is 7.23. The third kappa shape index (κ3) is 3.24. The van der Waals surface area contributed by atoms with E-state index in [9.17, 15) is 4.79 Å². The lowest BCUT2D eigenvalue weighted by molar-refractivity contribution is 0.0527. The Bertz CT molecular complexity index is 940. The molecule has 25 heavy (non-hydrogen) atoms. The molecule has 0 aliphatic heterocycles. The molecule has 2 aromatic carbocycles. The van der Waals surface area contributed by atoms with Gasteiger partial charge < -0.3 is 9.64 Å². The zero-order valence-corrected chi connectivity index (χ0v) is 16.0. The number of anilines is 2. The smallest absolute Gasteiger partial charge is 0.341 e. The number of para-hydroxylation sites is 2. The van der Waals surface area contributed by atoms with Crippen molar-refractivity contribution >= 4 is 44.2 Å². The number of pyridine rings is 1. The molecule has 0 spiro atoms. The predicted octanol–water partition coefficient (Wildman–Crippen LogP) is 5.25. The van der Waals surface area contributed by atoms with Gasteiger partial charge in [0.1, 0.15) is 5.56 Å². The molecule has 0 bridgehead atoms. The number of fused-ring (bicyclic) bond motifs is 1. The largest absolute Gasteiger partial charge is 0.462 e. The maximum atomic E-state index is 12.5. The average Bonchev–Trinajstić information content (AvgIpc) is 2.61. The molecular formula is C20H19BrN2O2. The van der Waals surface area contributed by atoms with Crippen LogP contribution in [0.25, 0.3) is 10.9 Å².